The molecule has 1 saturated heterocycles. The Balaban J connectivity index is 1.63. The van der Waals surface area contributed by atoms with Crippen molar-refractivity contribution < 1.29 is 13.2 Å². The van der Waals surface area contributed by atoms with Gasteiger partial charge in [0.15, 0.2) is 0 Å². The van der Waals surface area contributed by atoms with Crippen LogP contribution in [0.15, 0.2) is 47.4 Å². The van der Waals surface area contributed by atoms with Gasteiger partial charge in [0.2, 0.25) is 15.9 Å². The quantitative estimate of drug-likeness (QED) is 0.746. The zero-order valence-corrected chi connectivity index (χ0v) is 18.6. The van der Waals surface area contributed by atoms with Crippen molar-refractivity contribution in [2.24, 2.45) is 0 Å². The van der Waals surface area contributed by atoms with Crippen molar-refractivity contribution in [2.45, 2.75) is 24.8 Å². The first-order valence-corrected chi connectivity index (χ1v) is 11.4. The highest BCUT2D eigenvalue weighted by Gasteiger charge is 2.33. The average molecular weight is 456 g/mol. The summed E-state index contributed by atoms with van der Waals surface area (Å²) in [6.45, 7) is 5.22. The molecular formula is C20H23Cl2N3O3S. The number of benzene rings is 2. The molecule has 29 heavy (non-hydrogen) atoms. The summed E-state index contributed by atoms with van der Waals surface area (Å²) in [5.41, 5.74) is 1.81. The lowest BCUT2D eigenvalue weighted by Gasteiger charge is -2.36. The second-order valence-electron chi connectivity index (χ2n) is 7.05. The fourth-order valence-corrected chi connectivity index (χ4v) is 5.44. The molecular weight excluding hydrogens is 433 g/mol. The van der Waals surface area contributed by atoms with E-state index < -0.39 is 10.0 Å². The summed E-state index contributed by atoms with van der Waals surface area (Å²) in [5.74, 6) is -0.121. The van der Waals surface area contributed by atoms with Gasteiger partial charge < -0.3 is 5.32 Å². The van der Waals surface area contributed by atoms with Crippen molar-refractivity contribution in [3.05, 3.63) is 58.1 Å². The summed E-state index contributed by atoms with van der Waals surface area (Å²) in [7, 11) is -3.75. The number of sulfonamides is 1. The first-order chi connectivity index (χ1) is 13.7. The molecule has 1 atom stereocenters. The van der Waals surface area contributed by atoms with E-state index in [2.05, 4.69) is 5.32 Å². The van der Waals surface area contributed by atoms with Gasteiger partial charge in [-0.15, -0.1) is 0 Å². The Kier molecular flexibility index (Phi) is 6.86. The minimum absolute atomic E-state index is 0.00496. The number of piperazine rings is 1. The number of carbonyl (C=O) groups excluding carboxylic acids is 1. The second-order valence-corrected chi connectivity index (χ2v) is 9.80. The van der Waals surface area contributed by atoms with Crippen molar-refractivity contribution in [2.75, 3.05) is 31.5 Å². The maximum atomic E-state index is 12.9. The van der Waals surface area contributed by atoms with Gasteiger partial charge >= 0.3 is 0 Å². The van der Waals surface area contributed by atoms with Crippen LogP contribution in [0.5, 0.6) is 0 Å². The van der Waals surface area contributed by atoms with Crippen LogP contribution >= 0.6 is 23.2 Å². The molecule has 0 unspecified atom stereocenters. The van der Waals surface area contributed by atoms with Crippen LogP contribution < -0.4 is 5.32 Å². The van der Waals surface area contributed by atoms with Gasteiger partial charge in [0.1, 0.15) is 4.90 Å². The summed E-state index contributed by atoms with van der Waals surface area (Å²) in [4.78, 5) is 14.6. The van der Waals surface area contributed by atoms with Gasteiger partial charge in [-0.1, -0.05) is 35.3 Å². The number of hydrogen-bond donors (Lipinski definition) is 1. The van der Waals surface area contributed by atoms with Crippen LogP contribution in [-0.2, 0) is 14.8 Å². The number of nitrogens with zero attached hydrogens (tertiary/aromatic N) is 2. The number of halogens is 2. The lowest BCUT2D eigenvalue weighted by molar-refractivity contribution is -0.121. The fraction of sp³-hybridized carbons (Fsp3) is 0.350. The van der Waals surface area contributed by atoms with Crippen LogP contribution in [0, 0.1) is 6.92 Å². The van der Waals surface area contributed by atoms with E-state index in [1.54, 1.807) is 6.07 Å². The van der Waals surface area contributed by atoms with Crippen molar-refractivity contribution in [3.63, 3.8) is 0 Å². The maximum absolute atomic E-state index is 12.9. The van der Waals surface area contributed by atoms with E-state index in [0.29, 0.717) is 18.1 Å². The highest BCUT2D eigenvalue weighted by Crippen LogP contribution is 2.28. The first kappa shape index (κ1) is 22.1. The molecule has 1 fully saturated rings. The Bertz CT molecular complexity index is 1010. The van der Waals surface area contributed by atoms with E-state index >= 15 is 0 Å². The molecule has 1 heterocycles. The highest BCUT2D eigenvalue weighted by atomic mass is 35.5. The number of anilines is 1. The molecule has 2 aromatic carbocycles. The van der Waals surface area contributed by atoms with Gasteiger partial charge in [-0.3, -0.25) is 9.69 Å². The van der Waals surface area contributed by atoms with Gasteiger partial charge in [0, 0.05) is 36.9 Å². The molecule has 0 aliphatic carbocycles. The second kappa shape index (κ2) is 9.02. The van der Waals surface area contributed by atoms with E-state index in [9.17, 15) is 13.2 Å². The molecule has 0 bridgehead atoms. The number of rotatable bonds is 5. The third kappa shape index (κ3) is 5.10. The smallest absolute Gasteiger partial charge is 0.244 e. The topological polar surface area (TPSA) is 69.7 Å². The molecule has 1 aliphatic heterocycles. The largest absolute Gasteiger partial charge is 0.325 e. The number of amides is 1. The van der Waals surface area contributed by atoms with Crippen molar-refractivity contribution in [3.8, 4) is 0 Å². The summed E-state index contributed by atoms with van der Waals surface area (Å²) >= 11 is 12.0. The van der Waals surface area contributed by atoms with E-state index in [0.717, 1.165) is 11.3 Å². The monoisotopic (exact) mass is 455 g/mol. The summed E-state index contributed by atoms with van der Waals surface area (Å²) in [5, 5.41) is 3.37. The Morgan fingerprint density at radius 2 is 1.76 bits per heavy atom. The van der Waals surface area contributed by atoms with Crippen molar-refractivity contribution >= 4 is 44.8 Å². The molecule has 6 nitrogen and oxygen atoms in total. The number of hydrogen-bond acceptors (Lipinski definition) is 4. The van der Waals surface area contributed by atoms with Gasteiger partial charge in [-0.25, -0.2) is 8.42 Å². The molecule has 156 valence electrons. The van der Waals surface area contributed by atoms with Crippen molar-refractivity contribution in [1.29, 1.82) is 0 Å². The summed E-state index contributed by atoms with van der Waals surface area (Å²) in [6.07, 6.45) is 0. The molecule has 0 spiro atoms. The fourth-order valence-electron chi connectivity index (χ4n) is 3.28. The molecule has 1 amide bonds. The third-order valence-electron chi connectivity index (χ3n) is 5.00. The van der Waals surface area contributed by atoms with Crippen molar-refractivity contribution in [1.82, 2.24) is 9.21 Å². The summed E-state index contributed by atoms with van der Waals surface area (Å²) in [6, 6.07) is 11.6. The number of carbonyl (C=O) groups is 1. The maximum Gasteiger partial charge on any atom is 0.244 e. The van der Waals surface area contributed by atoms with E-state index in [1.165, 1.54) is 16.4 Å². The molecule has 0 radical (unpaired) electrons. The zero-order chi connectivity index (χ0) is 21.2. The minimum atomic E-state index is -3.75. The van der Waals surface area contributed by atoms with Crippen LogP contribution in [0.1, 0.15) is 12.5 Å². The van der Waals surface area contributed by atoms with Crippen LogP contribution in [0.2, 0.25) is 10.0 Å². The van der Waals surface area contributed by atoms with E-state index in [4.69, 9.17) is 23.2 Å². The Hall–Kier alpha value is -1.64. The Morgan fingerprint density at radius 3 is 2.41 bits per heavy atom. The van der Waals surface area contributed by atoms with Crippen LogP contribution in [0.4, 0.5) is 5.69 Å². The molecule has 0 saturated carbocycles. The standard InChI is InChI=1S/C20H23Cl2N3O3S/c1-14-4-3-5-17(12-14)23-20(26)15(2)24-8-10-25(11-9-24)29(27,28)19-13-16(21)6-7-18(19)22/h3-7,12-13,15H,8-11H2,1-2H3,(H,23,26)/t15-/m1/s1. The minimum Gasteiger partial charge on any atom is -0.325 e. The van der Waals surface area contributed by atoms with Crippen LogP contribution in [-0.4, -0.2) is 55.8 Å². The molecule has 1 aliphatic rings. The normalized spacial score (nSPS) is 17.1. The predicted molar refractivity (Wildman–Crippen MR) is 116 cm³/mol. The number of nitrogens with one attached hydrogen (secondary N) is 1. The highest BCUT2D eigenvalue weighted by molar-refractivity contribution is 7.89. The van der Waals surface area contributed by atoms with E-state index in [1.807, 2.05) is 43.0 Å². The molecule has 3 rings (SSSR count). The molecule has 2 aromatic rings. The van der Waals surface area contributed by atoms with Gasteiger partial charge in [-0.2, -0.15) is 4.31 Å². The van der Waals surface area contributed by atoms with Crippen LogP contribution in [0.25, 0.3) is 0 Å². The van der Waals surface area contributed by atoms with E-state index in [-0.39, 0.29) is 35.0 Å². The van der Waals surface area contributed by atoms with Gasteiger partial charge in [-0.05, 0) is 49.7 Å². The Morgan fingerprint density at radius 1 is 1.07 bits per heavy atom. The lowest BCUT2D eigenvalue weighted by atomic mass is 10.2. The van der Waals surface area contributed by atoms with Gasteiger partial charge in [0.05, 0.1) is 11.1 Å². The molecule has 0 aromatic heterocycles. The Labute approximate surface area is 181 Å². The predicted octanol–water partition coefficient (Wildman–Crippen LogP) is 3.64. The molecule has 9 heteroatoms. The van der Waals surface area contributed by atoms with Crippen LogP contribution in [0.3, 0.4) is 0 Å². The number of aryl methyl sites for hydroxylation is 1. The summed E-state index contributed by atoms with van der Waals surface area (Å²) < 4.78 is 27.2. The average Bonchev–Trinajstić information content (AvgIpc) is 2.69. The lowest BCUT2D eigenvalue weighted by Crippen LogP contribution is -2.53. The van der Waals surface area contributed by atoms with Gasteiger partial charge in [0.25, 0.3) is 0 Å². The SMILES string of the molecule is Cc1cccc(NC(=O)[C@@H](C)N2CCN(S(=O)(=O)c3cc(Cl)ccc3Cl)CC2)c1. The third-order valence-corrected chi connectivity index (χ3v) is 7.61. The first-order valence-electron chi connectivity index (χ1n) is 9.25. The zero-order valence-electron chi connectivity index (χ0n) is 16.2. The molecule has 1 N–H and O–H groups in total.